The van der Waals surface area contributed by atoms with Gasteiger partial charge in [0, 0.05) is 16.9 Å². The largest absolute Gasteiger partial charge is 0.244 e. The maximum Gasteiger partial charge on any atom is 0.0992 e. The van der Waals surface area contributed by atoms with Crippen LogP contribution in [0.5, 0.6) is 0 Å². The van der Waals surface area contributed by atoms with Crippen molar-refractivity contribution >= 4 is 45.0 Å². The fourth-order valence-electron chi connectivity index (χ4n) is 4.59. The summed E-state index contributed by atoms with van der Waals surface area (Å²) in [5.41, 5.74) is 7.88. The Morgan fingerprint density at radius 3 is 2.74 bits per heavy atom. The van der Waals surface area contributed by atoms with Crippen molar-refractivity contribution in [2.75, 3.05) is 0 Å². The average Bonchev–Trinajstić information content (AvgIpc) is 2.72. The number of aromatic nitrogens is 2. The molecule has 0 fully saturated rings. The summed E-state index contributed by atoms with van der Waals surface area (Å²) < 4.78 is 0. The number of hydrogen-bond acceptors (Lipinski definition) is 3. The van der Waals surface area contributed by atoms with Crippen molar-refractivity contribution in [1.82, 2.24) is 9.97 Å². The molecule has 0 bridgehead atoms. The smallest absolute Gasteiger partial charge is 0.0992 e. The molecule has 0 aliphatic heterocycles. The lowest BCUT2D eigenvalue weighted by Crippen LogP contribution is -2.15. The molecule has 27 heavy (non-hydrogen) atoms. The Morgan fingerprint density at radius 2 is 1.85 bits per heavy atom. The van der Waals surface area contributed by atoms with Crippen LogP contribution in [0.25, 0.3) is 45.0 Å². The summed E-state index contributed by atoms with van der Waals surface area (Å²) in [7, 11) is 0. The fraction of sp³-hybridized carbons (Fsp3) is 0.125. The first-order chi connectivity index (χ1) is 13.2. The zero-order chi connectivity index (χ0) is 18.1. The Kier molecular flexibility index (Phi) is 2.72. The van der Waals surface area contributed by atoms with E-state index in [0.717, 1.165) is 27.5 Å². The van der Waals surface area contributed by atoms with Crippen LogP contribution in [0.1, 0.15) is 35.1 Å². The summed E-state index contributed by atoms with van der Waals surface area (Å²) in [6.07, 6.45) is 9.05. The molecule has 1 aromatic heterocycles. The normalized spacial score (nSPS) is 19.7. The summed E-state index contributed by atoms with van der Waals surface area (Å²) in [5, 5.41) is 11.7. The summed E-state index contributed by atoms with van der Waals surface area (Å²) >= 11 is 0. The molecule has 4 aromatic rings. The fourth-order valence-corrected chi connectivity index (χ4v) is 4.59. The van der Waals surface area contributed by atoms with E-state index in [4.69, 9.17) is 9.97 Å². The predicted molar refractivity (Wildman–Crippen MR) is 109 cm³/mol. The van der Waals surface area contributed by atoms with Crippen molar-refractivity contribution in [3.63, 3.8) is 0 Å². The van der Waals surface area contributed by atoms with E-state index in [1.165, 1.54) is 22.1 Å². The maximum atomic E-state index is 9.23. The molecule has 0 amide bonds. The number of benzene rings is 3. The number of hydrogen-bond donors (Lipinski definition) is 0. The van der Waals surface area contributed by atoms with E-state index in [-0.39, 0.29) is 0 Å². The topological polar surface area (TPSA) is 49.6 Å². The Balaban J connectivity index is 1.87. The van der Waals surface area contributed by atoms with Gasteiger partial charge in [-0.1, -0.05) is 49.4 Å². The third-order valence-corrected chi connectivity index (χ3v) is 5.91. The van der Waals surface area contributed by atoms with Gasteiger partial charge in [0.15, 0.2) is 0 Å². The molecule has 2 aliphatic rings. The molecular weight excluding hydrogens is 330 g/mol. The van der Waals surface area contributed by atoms with Crippen LogP contribution in [0, 0.1) is 17.2 Å². The minimum atomic E-state index is 0.370. The lowest BCUT2D eigenvalue weighted by molar-refractivity contribution is 0.641. The third kappa shape index (κ3) is 1.85. The van der Waals surface area contributed by atoms with Gasteiger partial charge >= 0.3 is 0 Å². The number of nitriles is 1. The van der Waals surface area contributed by atoms with E-state index >= 15 is 0 Å². The van der Waals surface area contributed by atoms with Gasteiger partial charge in [-0.3, -0.25) is 0 Å². The lowest BCUT2D eigenvalue weighted by atomic mass is 9.74. The van der Waals surface area contributed by atoms with Gasteiger partial charge in [-0.05, 0) is 40.6 Å². The third-order valence-electron chi connectivity index (χ3n) is 5.91. The van der Waals surface area contributed by atoms with Crippen molar-refractivity contribution in [3.05, 3.63) is 70.8 Å². The van der Waals surface area contributed by atoms with Crippen LogP contribution in [0.3, 0.4) is 0 Å². The van der Waals surface area contributed by atoms with Gasteiger partial charge in [0.05, 0.1) is 33.7 Å². The second-order valence-electron chi connectivity index (χ2n) is 7.44. The molecule has 2 atom stereocenters. The van der Waals surface area contributed by atoms with E-state index in [1.807, 2.05) is 12.1 Å². The van der Waals surface area contributed by atoms with Gasteiger partial charge < -0.3 is 0 Å². The molecule has 3 aromatic carbocycles. The Morgan fingerprint density at radius 1 is 0.963 bits per heavy atom. The van der Waals surface area contributed by atoms with Crippen molar-refractivity contribution in [1.29, 1.82) is 5.26 Å². The molecule has 3 nitrogen and oxygen atoms in total. The van der Waals surface area contributed by atoms with Crippen LogP contribution in [0.15, 0.2) is 48.6 Å². The molecule has 0 spiro atoms. The first kappa shape index (κ1) is 14.6. The molecule has 0 radical (unpaired) electrons. The average molecular weight is 345 g/mol. The minimum absolute atomic E-state index is 0.370. The van der Waals surface area contributed by atoms with Gasteiger partial charge in [0.1, 0.15) is 0 Å². The number of nitrogens with zero attached hydrogens (tertiary/aromatic N) is 3. The number of rotatable bonds is 0. The van der Waals surface area contributed by atoms with Gasteiger partial charge in [-0.15, -0.1) is 0 Å². The van der Waals surface area contributed by atoms with Crippen LogP contribution >= 0.6 is 0 Å². The molecular formula is C24H15N3. The van der Waals surface area contributed by atoms with E-state index in [0.29, 0.717) is 17.4 Å². The van der Waals surface area contributed by atoms with E-state index in [1.54, 1.807) is 6.07 Å². The van der Waals surface area contributed by atoms with Gasteiger partial charge in [-0.2, -0.15) is 5.26 Å². The Labute approximate surface area is 156 Å². The monoisotopic (exact) mass is 345 g/mol. The highest BCUT2D eigenvalue weighted by molar-refractivity contribution is 6.14. The lowest BCUT2D eigenvalue weighted by Gasteiger charge is -2.30. The van der Waals surface area contributed by atoms with Gasteiger partial charge in [0.25, 0.3) is 0 Å². The molecule has 0 saturated carbocycles. The molecule has 126 valence electrons. The van der Waals surface area contributed by atoms with Crippen LogP contribution in [-0.2, 0) is 0 Å². The summed E-state index contributed by atoms with van der Waals surface area (Å²) in [4.78, 5) is 9.94. The number of allylic oxidation sites excluding steroid dienone is 2. The molecule has 2 unspecified atom stereocenters. The summed E-state index contributed by atoms with van der Waals surface area (Å²) in [6.45, 7) is 2.27. The molecule has 6 rings (SSSR count). The number of fused-ring (bicyclic) bond motifs is 4. The first-order valence-electron chi connectivity index (χ1n) is 9.21. The van der Waals surface area contributed by atoms with Gasteiger partial charge in [0.2, 0.25) is 0 Å². The zero-order valence-electron chi connectivity index (χ0n) is 14.8. The molecule has 0 N–H and O–H groups in total. The SMILES string of the molecule is CC1C=Cc2c3c4c(cccc4c4nc5ccc(C#N)cc5nc24)C=CC31. The van der Waals surface area contributed by atoms with Crippen molar-refractivity contribution < 1.29 is 0 Å². The molecule has 0 saturated heterocycles. The van der Waals surface area contributed by atoms with E-state index < -0.39 is 0 Å². The van der Waals surface area contributed by atoms with Crippen LogP contribution in [-0.4, -0.2) is 9.97 Å². The predicted octanol–water partition coefficient (Wildman–Crippen LogP) is 5.58. The zero-order valence-corrected chi connectivity index (χ0v) is 14.8. The van der Waals surface area contributed by atoms with Crippen molar-refractivity contribution in [2.45, 2.75) is 12.8 Å². The first-order valence-corrected chi connectivity index (χ1v) is 9.21. The second-order valence-corrected chi connectivity index (χ2v) is 7.44. The Hall–Kier alpha value is -3.51. The summed E-state index contributed by atoms with van der Waals surface area (Å²) in [6, 6.07) is 14.2. The molecule has 3 heteroatoms. The summed E-state index contributed by atoms with van der Waals surface area (Å²) in [5.74, 6) is 0.830. The molecule has 1 heterocycles. The van der Waals surface area contributed by atoms with Gasteiger partial charge in [-0.25, -0.2) is 9.97 Å². The molecule has 2 aliphatic carbocycles. The highest BCUT2D eigenvalue weighted by Gasteiger charge is 2.29. The Bertz CT molecular complexity index is 1400. The maximum absolute atomic E-state index is 9.23. The second kappa shape index (κ2) is 5.02. The van der Waals surface area contributed by atoms with Crippen LogP contribution < -0.4 is 0 Å². The minimum Gasteiger partial charge on any atom is -0.244 e. The van der Waals surface area contributed by atoms with Crippen molar-refractivity contribution in [3.8, 4) is 6.07 Å². The van der Waals surface area contributed by atoms with Crippen LogP contribution in [0.4, 0.5) is 0 Å². The van der Waals surface area contributed by atoms with E-state index in [2.05, 4.69) is 55.5 Å². The van der Waals surface area contributed by atoms with E-state index in [9.17, 15) is 5.26 Å². The highest BCUT2D eigenvalue weighted by Crippen LogP contribution is 2.47. The quantitative estimate of drug-likeness (QED) is 0.309. The van der Waals surface area contributed by atoms with Crippen LogP contribution in [0.2, 0.25) is 0 Å². The van der Waals surface area contributed by atoms with Crippen molar-refractivity contribution in [2.24, 2.45) is 5.92 Å². The highest BCUT2D eigenvalue weighted by atomic mass is 14.8. The standard InChI is InChI=1S/C24H15N3/c1-13-5-8-18-22-16(13)9-7-15-3-2-4-17(21(15)22)23-24(18)27-20-11-14(12-25)6-10-19(20)26-23/h2-11,13,16H,1H3.